The lowest BCUT2D eigenvalue weighted by atomic mass is 10.2. The van der Waals surface area contributed by atoms with E-state index in [0.717, 1.165) is 18.8 Å². The van der Waals surface area contributed by atoms with Crippen molar-refractivity contribution in [2.75, 3.05) is 24.5 Å². The molecule has 8 heteroatoms. The van der Waals surface area contributed by atoms with E-state index >= 15 is 0 Å². The number of non-ortho nitro benzene ring substituents is 1. The summed E-state index contributed by atoms with van der Waals surface area (Å²) >= 11 is 0. The van der Waals surface area contributed by atoms with E-state index in [9.17, 15) is 15.2 Å². The Kier molecular flexibility index (Phi) is 6.55. The van der Waals surface area contributed by atoms with E-state index < -0.39 is 4.92 Å². The number of nitrogens with zero attached hydrogens (tertiary/aromatic N) is 4. The molecule has 0 spiro atoms. The third-order valence-corrected chi connectivity index (χ3v) is 3.71. The summed E-state index contributed by atoms with van der Waals surface area (Å²) in [5.41, 5.74) is 7.97. The van der Waals surface area contributed by atoms with Crippen LogP contribution in [0.25, 0.3) is 0 Å². The number of anilines is 1. The number of benzene rings is 2. The Balaban J connectivity index is 2.17. The standard InChI is InChI=1S/C17H21N5O3/c1-2-21(10-9-18)15-5-3-14(4-6-15)19-20-17-8-7-16(22(24)25)11-13(17)12-23/h3-8,11,23H,2,9-10,12,18H2,1H3. The van der Waals surface area contributed by atoms with Crippen molar-refractivity contribution in [2.45, 2.75) is 13.5 Å². The van der Waals surface area contributed by atoms with Gasteiger partial charge in [-0.1, -0.05) is 0 Å². The molecule has 8 nitrogen and oxygen atoms in total. The minimum Gasteiger partial charge on any atom is -0.392 e. The van der Waals surface area contributed by atoms with Gasteiger partial charge in [-0.2, -0.15) is 10.2 Å². The zero-order valence-electron chi connectivity index (χ0n) is 14.0. The molecule has 0 unspecified atom stereocenters. The molecule has 0 aliphatic carbocycles. The van der Waals surface area contributed by atoms with Gasteiger partial charge in [0.1, 0.15) is 0 Å². The van der Waals surface area contributed by atoms with Crippen molar-refractivity contribution in [1.82, 2.24) is 0 Å². The number of hydrogen-bond donors (Lipinski definition) is 2. The van der Waals surface area contributed by atoms with Crippen LogP contribution in [0.15, 0.2) is 52.7 Å². The smallest absolute Gasteiger partial charge is 0.269 e. The van der Waals surface area contributed by atoms with Crippen LogP contribution >= 0.6 is 0 Å². The van der Waals surface area contributed by atoms with E-state index in [4.69, 9.17) is 5.73 Å². The van der Waals surface area contributed by atoms with Crippen molar-refractivity contribution in [3.63, 3.8) is 0 Å². The summed E-state index contributed by atoms with van der Waals surface area (Å²) in [7, 11) is 0. The van der Waals surface area contributed by atoms with Gasteiger partial charge in [0.15, 0.2) is 0 Å². The van der Waals surface area contributed by atoms with Crippen LogP contribution < -0.4 is 10.6 Å². The van der Waals surface area contributed by atoms with Crippen molar-refractivity contribution >= 4 is 22.7 Å². The first-order valence-corrected chi connectivity index (χ1v) is 7.94. The number of likely N-dealkylation sites (N-methyl/N-ethyl adjacent to an activating group) is 1. The van der Waals surface area contributed by atoms with Crippen molar-refractivity contribution in [1.29, 1.82) is 0 Å². The second-order valence-electron chi connectivity index (χ2n) is 5.31. The van der Waals surface area contributed by atoms with Crippen LogP contribution in [0, 0.1) is 10.1 Å². The Bertz CT molecular complexity index is 746. The number of hydrogen-bond acceptors (Lipinski definition) is 7. The van der Waals surface area contributed by atoms with Gasteiger partial charge in [-0.15, -0.1) is 0 Å². The van der Waals surface area contributed by atoms with E-state index in [-0.39, 0.29) is 12.3 Å². The van der Waals surface area contributed by atoms with Crippen LogP contribution in [0.4, 0.5) is 22.7 Å². The predicted octanol–water partition coefficient (Wildman–Crippen LogP) is 3.29. The maximum absolute atomic E-state index is 10.8. The number of nitro benzene ring substituents is 1. The SMILES string of the molecule is CCN(CCN)c1ccc(N=Nc2ccc([N+](=O)[O-])cc2CO)cc1. The van der Waals surface area contributed by atoms with Crippen molar-refractivity contribution in [3.05, 3.63) is 58.1 Å². The molecule has 0 bridgehead atoms. The van der Waals surface area contributed by atoms with Gasteiger partial charge >= 0.3 is 0 Å². The molecule has 0 saturated carbocycles. The van der Waals surface area contributed by atoms with E-state index in [1.54, 1.807) is 0 Å². The molecule has 3 N–H and O–H groups in total. The first kappa shape index (κ1) is 18.5. The van der Waals surface area contributed by atoms with E-state index in [1.807, 2.05) is 24.3 Å². The first-order valence-electron chi connectivity index (χ1n) is 7.94. The second kappa shape index (κ2) is 8.86. The monoisotopic (exact) mass is 343 g/mol. The lowest BCUT2D eigenvalue weighted by Crippen LogP contribution is -2.28. The zero-order valence-corrected chi connectivity index (χ0v) is 14.0. The molecule has 0 saturated heterocycles. The average molecular weight is 343 g/mol. The van der Waals surface area contributed by atoms with Crippen LogP contribution in [0.3, 0.4) is 0 Å². The lowest BCUT2D eigenvalue weighted by Gasteiger charge is -2.22. The molecule has 0 aliphatic heterocycles. The fourth-order valence-electron chi connectivity index (χ4n) is 2.38. The number of nitro groups is 1. The summed E-state index contributed by atoms with van der Waals surface area (Å²) in [5.74, 6) is 0. The van der Waals surface area contributed by atoms with Gasteiger partial charge in [0, 0.05) is 43.0 Å². The Morgan fingerprint density at radius 1 is 1.20 bits per heavy atom. The highest BCUT2D eigenvalue weighted by atomic mass is 16.6. The zero-order chi connectivity index (χ0) is 18.2. The normalized spacial score (nSPS) is 11.0. The van der Waals surface area contributed by atoms with Gasteiger partial charge in [0.05, 0.1) is 22.9 Å². The Morgan fingerprint density at radius 3 is 2.48 bits per heavy atom. The molecule has 0 aromatic heterocycles. The molecule has 0 atom stereocenters. The van der Waals surface area contributed by atoms with Crippen LogP contribution in [0.1, 0.15) is 12.5 Å². The summed E-state index contributed by atoms with van der Waals surface area (Å²) in [6.07, 6.45) is 0. The van der Waals surface area contributed by atoms with Crippen LogP contribution in [0.2, 0.25) is 0 Å². The molecular formula is C17H21N5O3. The second-order valence-corrected chi connectivity index (χ2v) is 5.31. The molecule has 0 heterocycles. The third kappa shape index (κ3) is 4.82. The predicted molar refractivity (Wildman–Crippen MR) is 96.6 cm³/mol. The Hall–Kier alpha value is -2.84. The van der Waals surface area contributed by atoms with E-state index in [1.165, 1.54) is 18.2 Å². The summed E-state index contributed by atoms with van der Waals surface area (Å²) in [5, 5.41) is 28.4. The van der Waals surface area contributed by atoms with E-state index in [2.05, 4.69) is 22.1 Å². The largest absolute Gasteiger partial charge is 0.392 e. The fraction of sp³-hybridized carbons (Fsp3) is 0.294. The number of rotatable bonds is 8. The first-order chi connectivity index (χ1) is 12.1. The number of azo groups is 1. The molecule has 2 rings (SSSR count). The average Bonchev–Trinajstić information content (AvgIpc) is 2.64. The quantitative estimate of drug-likeness (QED) is 0.433. The van der Waals surface area contributed by atoms with Gasteiger partial charge in [-0.05, 0) is 37.3 Å². The van der Waals surface area contributed by atoms with Gasteiger partial charge in [0.25, 0.3) is 5.69 Å². The molecule has 132 valence electrons. The van der Waals surface area contributed by atoms with Gasteiger partial charge in [-0.25, -0.2) is 0 Å². The van der Waals surface area contributed by atoms with Gasteiger partial charge < -0.3 is 15.7 Å². The lowest BCUT2D eigenvalue weighted by molar-refractivity contribution is -0.384. The summed E-state index contributed by atoms with van der Waals surface area (Å²) in [4.78, 5) is 12.4. The minimum absolute atomic E-state index is 0.0908. The molecule has 0 amide bonds. The van der Waals surface area contributed by atoms with Gasteiger partial charge in [0.2, 0.25) is 0 Å². The van der Waals surface area contributed by atoms with Crippen molar-refractivity contribution < 1.29 is 10.0 Å². The topological polar surface area (TPSA) is 117 Å². The summed E-state index contributed by atoms with van der Waals surface area (Å²) in [6, 6.07) is 11.7. The molecule has 0 radical (unpaired) electrons. The van der Waals surface area contributed by atoms with Crippen molar-refractivity contribution in [3.8, 4) is 0 Å². The van der Waals surface area contributed by atoms with Crippen LogP contribution in [-0.2, 0) is 6.61 Å². The van der Waals surface area contributed by atoms with Gasteiger partial charge in [-0.3, -0.25) is 10.1 Å². The molecule has 25 heavy (non-hydrogen) atoms. The van der Waals surface area contributed by atoms with Crippen LogP contribution in [0.5, 0.6) is 0 Å². The highest BCUT2D eigenvalue weighted by Crippen LogP contribution is 2.27. The maximum atomic E-state index is 10.8. The van der Waals surface area contributed by atoms with Crippen LogP contribution in [-0.4, -0.2) is 29.7 Å². The molecule has 0 fully saturated rings. The summed E-state index contributed by atoms with van der Waals surface area (Å²) < 4.78 is 0. The number of nitrogens with two attached hydrogens (primary N) is 1. The molecule has 2 aromatic rings. The highest BCUT2D eigenvalue weighted by Gasteiger charge is 2.10. The molecular weight excluding hydrogens is 322 g/mol. The Morgan fingerprint density at radius 2 is 1.92 bits per heavy atom. The van der Waals surface area contributed by atoms with E-state index in [0.29, 0.717) is 23.5 Å². The highest BCUT2D eigenvalue weighted by molar-refractivity contribution is 5.54. The Labute approximate surface area is 145 Å². The number of aliphatic hydroxyl groups excluding tert-OH is 1. The fourth-order valence-corrected chi connectivity index (χ4v) is 2.38. The molecule has 0 aliphatic rings. The third-order valence-electron chi connectivity index (χ3n) is 3.71. The van der Waals surface area contributed by atoms with Crippen molar-refractivity contribution in [2.24, 2.45) is 16.0 Å². The molecule has 2 aromatic carbocycles. The summed E-state index contributed by atoms with van der Waals surface area (Å²) in [6.45, 7) is 3.94. The minimum atomic E-state index is -0.514. The maximum Gasteiger partial charge on any atom is 0.269 e. The number of aliphatic hydroxyl groups is 1.